The van der Waals surface area contributed by atoms with Crippen molar-refractivity contribution in [2.45, 2.75) is 418 Å². The topological polar surface area (TPSA) is 95.9 Å². The van der Waals surface area contributed by atoms with Gasteiger partial charge in [-0.3, -0.25) is 9.59 Å². The molecule has 2 unspecified atom stereocenters. The normalized spacial score (nSPS) is 12.5. The summed E-state index contributed by atoms with van der Waals surface area (Å²) < 4.78 is 5.52. The zero-order chi connectivity index (χ0) is 55.7. The third-order valence-corrected chi connectivity index (χ3v) is 16.8. The number of ether oxygens (including phenoxy) is 1. The minimum Gasteiger partial charge on any atom is -0.466 e. The van der Waals surface area contributed by atoms with Crippen LogP contribution in [0.4, 0.5) is 0 Å². The lowest BCUT2D eigenvalue weighted by Crippen LogP contribution is -2.45. The van der Waals surface area contributed by atoms with Gasteiger partial charge in [0.05, 0.1) is 25.4 Å². The molecule has 0 aliphatic heterocycles. The molecule has 6 nitrogen and oxygen atoms in total. The number of hydrogen-bond donors (Lipinski definition) is 3. The first kappa shape index (κ1) is 75.6. The Morgan fingerprint density at radius 2 is 0.597 bits per heavy atom. The van der Waals surface area contributed by atoms with Crippen LogP contribution in [0.2, 0.25) is 0 Å². The van der Waals surface area contributed by atoms with E-state index in [2.05, 4.69) is 19.2 Å². The molecule has 0 spiro atoms. The summed E-state index contributed by atoms with van der Waals surface area (Å²) >= 11 is 0. The lowest BCUT2D eigenvalue weighted by Gasteiger charge is -2.20. The minimum atomic E-state index is -0.840. The number of esters is 1. The summed E-state index contributed by atoms with van der Waals surface area (Å²) in [7, 11) is 0. The van der Waals surface area contributed by atoms with Crippen molar-refractivity contribution in [1.29, 1.82) is 0 Å². The second-order valence-electron chi connectivity index (χ2n) is 24.6. The van der Waals surface area contributed by atoms with Crippen LogP contribution in [0.5, 0.6) is 0 Å². The van der Waals surface area contributed by atoms with Gasteiger partial charge in [0, 0.05) is 12.8 Å². The van der Waals surface area contributed by atoms with Crippen molar-refractivity contribution in [2.75, 3.05) is 13.2 Å². The van der Waals surface area contributed by atoms with Gasteiger partial charge in [0.2, 0.25) is 5.91 Å². The van der Waals surface area contributed by atoms with Crippen LogP contribution in [0.3, 0.4) is 0 Å². The number of rotatable bonds is 67. The molecule has 2 atom stereocenters. The molecule has 0 aromatic carbocycles. The number of unbranched alkanes of at least 4 members (excludes halogenated alkanes) is 56. The number of amides is 1. The zero-order valence-corrected chi connectivity index (χ0v) is 52.5. The van der Waals surface area contributed by atoms with E-state index in [4.69, 9.17) is 4.74 Å². The molecule has 77 heavy (non-hydrogen) atoms. The van der Waals surface area contributed by atoms with E-state index in [1.165, 1.54) is 340 Å². The van der Waals surface area contributed by atoms with Crippen molar-refractivity contribution in [3.8, 4) is 0 Å². The Bertz CT molecular complexity index is 1160. The van der Waals surface area contributed by atoms with Gasteiger partial charge in [-0.25, -0.2) is 0 Å². The van der Waals surface area contributed by atoms with Crippen molar-refractivity contribution in [3.63, 3.8) is 0 Å². The number of carbonyl (C=O) groups excluding carboxylic acids is 2. The Morgan fingerprint density at radius 3 is 0.883 bits per heavy atom. The molecule has 0 aliphatic rings. The molecule has 0 aromatic rings. The standard InChI is InChI=1S/C71H139NO5/c1-3-5-7-9-11-13-15-17-18-19-31-35-38-41-45-49-53-57-61-65-71(76)77-66-62-58-54-50-46-42-39-36-33-30-28-26-24-22-20-21-23-25-27-29-32-34-37-40-44-48-52-56-60-64-70(75)72-68(67-73)69(74)63-59-55-51-47-43-16-14-12-10-8-6-4-2/h59,63,68-69,73-74H,3-58,60-62,64-67H2,1-2H3,(H,72,75)/b63-59+. The highest BCUT2D eigenvalue weighted by molar-refractivity contribution is 5.76. The van der Waals surface area contributed by atoms with Crippen LogP contribution in [0, 0.1) is 0 Å². The number of nitrogens with one attached hydrogen (secondary N) is 1. The van der Waals surface area contributed by atoms with Crippen LogP contribution in [-0.4, -0.2) is 47.4 Å². The molecule has 0 aromatic heterocycles. The average molecular weight is 1090 g/mol. The van der Waals surface area contributed by atoms with E-state index < -0.39 is 12.1 Å². The number of hydrogen-bond acceptors (Lipinski definition) is 5. The van der Waals surface area contributed by atoms with Gasteiger partial charge in [-0.15, -0.1) is 0 Å². The first-order chi connectivity index (χ1) is 38.0. The molecule has 458 valence electrons. The molecule has 0 radical (unpaired) electrons. The Labute approximate surface area is 482 Å². The third-order valence-electron chi connectivity index (χ3n) is 16.8. The van der Waals surface area contributed by atoms with E-state index in [1.807, 2.05) is 6.08 Å². The Kier molecular flexibility index (Phi) is 65.9. The van der Waals surface area contributed by atoms with Crippen LogP contribution in [0.25, 0.3) is 0 Å². The van der Waals surface area contributed by atoms with Crippen molar-refractivity contribution >= 4 is 11.9 Å². The summed E-state index contributed by atoms with van der Waals surface area (Å²) in [5.74, 6) is -0.0381. The van der Waals surface area contributed by atoms with Crippen LogP contribution in [0.1, 0.15) is 406 Å². The van der Waals surface area contributed by atoms with E-state index in [0.29, 0.717) is 19.4 Å². The molecule has 0 aliphatic carbocycles. The Morgan fingerprint density at radius 1 is 0.351 bits per heavy atom. The molecule has 0 saturated carbocycles. The summed E-state index contributed by atoms with van der Waals surface area (Å²) in [6, 6.07) is -0.623. The Hall–Kier alpha value is -1.40. The van der Waals surface area contributed by atoms with Crippen LogP contribution >= 0.6 is 0 Å². The maximum absolute atomic E-state index is 12.5. The van der Waals surface area contributed by atoms with Crippen molar-refractivity contribution in [1.82, 2.24) is 5.32 Å². The van der Waals surface area contributed by atoms with E-state index in [1.54, 1.807) is 6.08 Å². The maximum Gasteiger partial charge on any atom is 0.305 e. The van der Waals surface area contributed by atoms with Gasteiger partial charge in [0.25, 0.3) is 0 Å². The summed E-state index contributed by atoms with van der Waals surface area (Å²) in [4.78, 5) is 24.6. The van der Waals surface area contributed by atoms with Gasteiger partial charge >= 0.3 is 5.97 Å². The molecule has 6 heteroatoms. The third kappa shape index (κ3) is 63.6. The van der Waals surface area contributed by atoms with Crippen molar-refractivity contribution < 1.29 is 24.5 Å². The van der Waals surface area contributed by atoms with E-state index in [9.17, 15) is 19.8 Å². The highest BCUT2D eigenvalue weighted by Gasteiger charge is 2.18. The predicted molar refractivity (Wildman–Crippen MR) is 338 cm³/mol. The van der Waals surface area contributed by atoms with Crippen LogP contribution in [0.15, 0.2) is 12.2 Å². The fourth-order valence-electron chi connectivity index (χ4n) is 11.4. The van der Waals surface area contributed by atoms with Gasteiger partial charge in [-0.1, -0.05) is 373 Å². The minimum absolute atomic E-state index is 0.0248. The summed E-state index contributed by atoms with van der Waals surface area (Å²) in [5, 5.41) is 23.1. The smallest absolute Gasteiger partial charge is 0.305 e. The van der Waals surface area contributed by atoms with Gasteiger partial charge < -0.3 is 20.3 Å². The quantitative estimate of drug-likeness (QED) is 0.0320. The molecule has 0 bridgehead atoms. The second kappa shape index (κ2) is 67.1. The predicted octanol–water partition coefficient (Wildman–Crippen LogP) is 22.8. The first-order valence-corrected chi connectivity index (χ1v) is 35.5. The summed E-state index contributed by atoms with van der Waals surface area (Å²) in [6.45, 7) is 4.94. The largest absolute Gasteiger partial charge is 0.466 e. The molecule has 3 N–H and O–H groups in total. The fourth-order valence-corrected chi connectivity index (χ4v) is 11.4. The highest BCUT2D eigenvalue weighted by Crippen LogP contribution is 2.19. The van der Waals surface area contributed by atoms with Gasteiger partial charge in [-0.2, -0.15) is 0 Å². The SMILES string of the molecule is CCCCCCCCCCCC/C=C/C(O)C(CO)NC(=O)CCCCCCCCCCCCCCCCCCCCCCCCCCCCCCCOC(=O)CCCCCCCCCCCCCCCCCCCCC. The molecule has 0 saturated heterocycles. The monoisotopic (exact) mass is 1090 g/mol. The van der Waals surface area contributed by atoms with E-state index >= 15 is 0 Å². The number of carbonyl (C=O) groups is 2. The maximum atomic E-state index is 12.5. The van der Waals surface area contributed by atoms with Crippen molar-refractivity contribution in [2.24, 2.45) is 0 Å². The highest BCUT2D eigenvalue weighted by atomic mass is 16.5. The molecule has 0 fully saturated rings. The molecule has 1 amide bonds. The second-order valence-corrected chi connectivity index (χ2v) is 24.6. The summed E-state index contributed by atoms with van der Waals surface area (Å²) in [5.41, 5.74) is 0. The lowest BCUT2D eigenvalue weighted by molar-refractivity contribution is -0.143. The average Bonchev–Trinajstić information content (AvgIpc) is 3.43. The molecule has 0 heterocycles. The molecule has 0 rings (SSSR count). The summed E-state index contributed by atoms with van der Waals surface area (Å²) in [6.07, 6.45) is 83.0. The lowest BCUT2D eigenvalue weighted by atomic mass is 10.0. The number of aliphatic hydroxyl groups excluding tert-OH is 2. The number of aliphatic hydroxyl groups is 2. The Balaban J connectivity index is 3.30. The first-order valence-electron chi connectivity index (χ1n) is 35.5. The number of allylic oxidation sites excluding steroid dienone is 1. The van der Waals surface area contributed by atoms with Gasteiger partial charge in [0.1, 0.15) is 0 Å². The van der Waals surface area contributed by atoms with Crippen molar-refractivity contribution in [3.05, 3.63) is 12.2 Å². The van der Waals surface area contributed by atoms with E-state index in [0.717, 1.165) is 38.5 Å². The van der Waals surface area contributed by atoms with Gasteiger partial charge in [0.15, 0.2) is 0 Å². The van der Waals surface area contributed by atoms with Crippen LogP contribution < -0.4 is 5.32 Å². The van der Waals surface area contributed by atoms with E-state index in [-0.39, 0.29) is 18.5 Å². The fraction of sp³-hybridized carbons (Fsp3) is 0.944. The molecular weight excluding hydrogens is 947 g/mol. The zero-order valence-electron chi connectivity index (χ0n) is 52.5. The van der Waals surface area contributed by atoms with Gasteiger partial charge in [-0.05, 0) is 32.1 Å². The molecular formula is C71H139NO5. The van der Waals surface area contributed by atoms with Crippen LogP contribution in [-0.2, 0) is 14.3 Å².